The van der Waals surface area contributed by atoms with E-state index >= 15 is 0 Å². The van der Waals surface area contributed by atoms with Gasteiger partial charge < -0.3 is 10.1 Å². The number of carbonyl (C=O) groups excluding carboxylic acids is 2. The standard InChI is InChI=1S/C14H17FN2O3/c1-8(2)13-14(19)16-7-12(18)17(13)9-4-5-10(15)11(6-9)20-3/h4-6,8,13H,7H2,1-3H3,(H,16,19). The van der Waals surface area contributed by atoms with E-state index in [4.69, 9.17) is 4.74 Å². The number of ether oxygens (including phenoxy) is 1. The van der Waals surface area contributed by atoms with Crippen molar-refractivity contribution in [1.29, 1.82) is 0 Å². The summed E-state index contributed by atoms with van der Waals surface area (Å²) >= 11 is 0. The minimum absolute atomic E-state index is 0.0452. The molecule has 108 valence electrons. The Kier molecular flexibility index (Phi) is 3.92. The van der Waals surface area contributed by atoms with Crippen LogP contribution < -0.4 is 15.0 Å². The first-order chi connectivity index (χ1) is 9.45. The van der Waals surface area contributed by atoms with E-state index in [9.17, 15) is 14.0 Å². The van der Waals surface area contributed by atoms with Crippen molar-refractivity contribution in [2.24, 2.45) is 5.92 Å². The SMILES string of the molecule is COc1cc(N2C(=O)CNC(=O)C2C(C)C)ccc1F. The van der Waals surface area contributed by atoms with E-state index in [1.165, 1.54) is 30.2 Å². The lowest BCUT2D eigenvalue weighted by Gasteiger charge is -2.37. The van der Waals surface area contributed by atoms with Crippen LogP contribution in [0.15, 0.2) is 18.2 Å². The first-order valence-electron chi connectivity index (χ1n) is 6.39. The van der Waals surface area contributed by atoms with Crippen LogP contribution in [0.3, 0.4) is 0 Å². The third kappa shape index (κ3) is 2.45. The number of hydrogen-bond acceptors (Lipinski definition) is 3. The number of benzene rings is 1. The fourth-order valence-corrected chi connectivity index (χ4v) is 2.33. The zero-order valence-electron chi connectivity index (χ0n) is 11.6. The molecule has 2 rings (SSSR count). The topological polar surface area (TPSA) is 58.6 Å². The van der Waals surface area contributed by atoms with Crippen LogP contribution in [0.5, 0.6) is 5.75 Å². The van der Waals surface area contributed by atoms with Crippen LogP contribution in [0.4, 0.5) is 10.1 Å². The summed E-state index contributed by atoms with van der Waals surface area (Å²) in [5.41, 5.74) is 0.460. The number of rotatable bonds is 3. The van der Waals surface area contributed by atoms with Gasteiger partial charge in [0.1, 0.15) is 6.04 Å². The number of halogens is 1. The fourth-order valence-electron chi connectivity index (χ4n) is 2.33. The quantitative estimate of drug-likeness (QED) is 0.908. The Labute approximate surface area is 116 Å². The van der Waals surface area contributed by atoms with Gasteiger partial charge in [0.25, 0.3) is 0 Å². The van der Waals surface area contributed by atoms with Gasteiger partial charge >= 0.3 is 0 Å². The Bertz CT molecular complexity index is 545. The van der Waals surface area contributed by atoms with E-state index in [1.807, 2.05) is 13.8 Å². The second kappa shape index (κ2) is 5.48. The molecular formula is C14H17FN2O3. The molecule has 1 aromatic carbocycles. The van der Waals surface area contributed by atoms with Crippen molar-refractivity contribution in [2.75, 3.05) is 18.6 Å². The monoisotopic (exact) mass is 280 g/mol. The highest BCUT2D eigenvalue weighted by Gasteiger charge is 2.37. The maximum atomic E-state index is 13.5. The van der Waals surface area contributed by atoms with E-state index in [0.717, 1.165) is 0 Å². The van der Waals surface area contributed by atoms with Crippen molar-refractivity contribution in [1.82, 2.24) is 5.32 Å². The zero-order chi connectivity index (χ0) is 14.9. The lowest BCUT2D eigenvalue weighted by atomic mass is 9.98. The molecule has 1 aliphatic rings. The average molecular weight is 280 g/mol. The highest BCUT2D eigenvalue weighted by atomic mass is 19.1. The summed E-state index contributed by atoms with van der Waals surface area (Å²) in [5, 5.41) is 2.57. The summed E-state index contributed by atoms with van der Waals surface area (Å²) < 4.78 is 18.4. The van der Waals surface area contributed by atoms with Gasteiger partial charge in [-0.05, 0) is 18.1 Å². The molecule has 1 unspecified atom stereocenters. The van der Waals surface area contributed by atoms with Gasteiger partial charge in [-0.15, -0.1) is 0 Å². The number of carbonyl (C=O) groups is 2. The van der Waals surface area contributed by atoms with E-state index in [0.29, 0.717) is 5.69 Å². The molecule has 0 aromatic heterocycles. The first kappa shape index (κ1) is 14.3. The molecule has 0 radical (unpaired) electrons. The van der Waals surface area contributed by atoms with Gasteiger partial charge in [-0.1, -0.05) is 13.8 Å². The molecule has 2 amide bonds. The molecule has 5 nitrogen and oxygen atoms in total. The second-order valence-electron chi connectivity index (χ2n) is 4.99. The molecule has 1 aromatic rings. The summed E-state index contributed by atoms with van der Waals surface area (Å²) in [4.78, 5) is 25.5. The highest BCUT2D eigenvalue weighted by molar-refractivity contribution is 6.06. The Morgan fingerprint density at radius 3 is 2.70 bits per heavy atom. The number of anilines is 1. The lowest BCUT2D eigenvalue weighted by Crippen LogP contribution is -2.60. The summed E-state index contributed by atoms with van der Waals surface area (Å²) in [6.45, 7) is 3.66. The molecule has 0 spiro atoms. The number of amides is 2. The van der Waals surface area contributed by atoms with Crippen LogP contribution >= 0.6 is 0 Å². The minimum Gasteiger partial charge on any atom is -0.494 e. The van der Waals surface area contributed by atoms with E-state index in [-0.39, 0.29) is 30.0 Å². The molecule has 1 N–H and O–H groups in total. The molecule has 1 fully saturated rings. The predicted octanol–water partition coefficient (Wildman–Crippen LogP) is 1.32. The van der Waals surface area contributed by atoms with Crippen molar-refractivity contribution in [3.8, 4) is 5.75 Å². The third-order valence-electron chi connectivity index (χ3n) is 3.27. The minimum atomic E-state index is -0.605. The number of hydrogen-bond donors (Lipinski definition) is 1. The smallest absolute Gasteiger partial charge is 0.247 e. The van der Waals surface area contributed by atoms with Crippen molar-refractivity contribution >= 4 is 17.5 Å². The first-order valence-corrected chi connectivity index (χ1v) is 6.39. The second-order valence-corrected chi connectivity index (χ2v) is 4.99. The van der Waals surface area contributed by atoms with Crippen molar-refractivity contribution < 1.29 is 18.7 Å². The van der Waals surface area contributed by atoms with E-state index < -0.39 is 11.9 Å². The van der Waals surface area contributed by atoms with Crippen molar-refractivity contribution in [2.45, 2.75) is 19.9 Å². The Morgan fingerprint density at radius 2 is 2.10 bits per heavy atom. The Hall–Kier alpha value is -2.11. The molecule has 0 aliphatic carbocycles. The number of methoxy groups -OCH3 is 1. The average Bonchev–Trinajstić information content (AvgIpc) is 2.41. The van der Waals surface area contributed by atoms with Crippen LogP contribution in [0.1, 0.15) is 13.8 Å². The third-order valence-corrected chi connectivity index (χ3v) is 3.27. The van der Waals surface area contributed by atoms with Crippen LogP contribution in [0.2, 0.25) is 0 Å². The molecule has 1 saturated heterocycles. The van der Waals surface area contributed by atoms with Crippen LogP contribution in [0.25, 0.3) is 0 Å². The molecule has 0 saturated carbocycles. The van der Waals surface area contributed by atoms with Crippen LogP contribution in [-0.2, 0) is 9.59 Å². The maximum absolute atomic E-state index is 13.5. The molecule has 1 atom stereocenters. The predicted molar refractivity (Wildman–Crippen MR) is 72.1 cm³/mol. The number of piperazine rings is 1. The van der Waals surface area contributed by atoms with Gasteiger partial charge in [0.15, 0.2) is 11.6 Å². The number of nitrogens with one attached hydrogen (secondary N) is 1. The zero-order valence-corrected chi connectivity index (χ0v) is 11.6. The number of nitrogens with zero attached hydrogens (tertiary/aromatic N) is 1. The normalized spacial score (nSPS) is 19.2. The van der Waals surface area contributed by atoms with Crippen molar-refractivity contribution in [3.63, 3.8) is 0 Å². The fraction of sp³-hybridized carbons (Fsp3) is 0.429. The van der Waals surface area contributed by atoms with E-state index in [1.54, 1.807) is 0 Å². The summed E-state index contributed by atoms with van der Waals surface area (Å²) in [7, 11) is 1.35. The summed E-state index contributed by atoms with van der Waals surface area (Å²) in [5.74, 6) is -0.954. The van der Waals surface area contributed by atoms with Crippen LogP contribution in [0, 0.1) is 11.7 Å². The van der Waals surface area contributed by atoms with Gasteiger partial charge in [0, 0.05) is 11.8 Å². The molecular weight excluding hydrogens is 263 g/mol. The molecule has 1 heterocycles. The van der Waals surface area contributed by atoms with E-state index in [2.05, 4.69) is 5.32 Å². The highest BCUT2D eigenvalue weighted by Crippen LogP contribution is 2.28. The summed E-state index contributed by atoms with van der Waals surface area (Å²) in [6.07, 6.45) is 0. The lowest BCUT2D eigenvalue weighted by molar-refractivity contribution is -0.131. The molecule has 1 aliphatic heterocycles. The van der Waals surface area contributed by atoms with Crippen molar-refractivity contribution in [3.05, 3.63) is 24.0 Å². The van der Waals surface area contributed by atoms with Gasteiger partial charge in [0.05, 0.1) is 13.7 Å². The maximum Gasteiger partial charge on any atom is 0.247 e. The molecule has 0 bridgehead atoms. The van der Waals surface area contributed by atoms with Gasteiger partial charge in [-0.2, -0.15) is 0 Å². The summed E-state index contributed by atoms with van der Waals surface area (Å²) in [6, 6.07) is 3.53. The Balaban J connectivity index is 2.45. The van der Waals surface area contributed by atoms with Gasteiger partial charge in [-0.3, -0.25) is 14.5 Å². The Morgan fingerprint density at radius 1 is 1.40 bits per heavy atom. The van der Waals surface area contributed by atoms with Gasteiger partial charge in [-0.25, -0.2) is 4.39 Å². The van der Waals surface area contributed by atoms with Crippen LogP contribution in [-0.4, -0.2) is 31.5 Å². The molecule has 20 heavy (non-hydrogen) atoms. The molecule has 6 heteroatoms. The largest absolute Gasteiger partial charge is 0.494 e. The van der Waals surface area contributed by atoms with Gasteiger partial charge in [0.2, 0.25) is 11.8 Å².